The number of hydrogen-bond acceptors (Lipinski definition) is 10. The van der Waals surface area contributed by atoms with Crippen LogP contribution in [0.5, 0.6) is 0 Å². The molecule has 1 amide bonds. The molecular weight excluding hydrogens is 547 g/mol. The minimum absolute atomic E-state index is 0.105. The monoisotopic (exact) mass is 579 g/mol. The van der Waals surface area contributed by atoms with E-state index in [1.165, 1.54) is 11.3 Å². The predicted molar refractivity (Wildman–Crippen MR) is 150 cm³/mol. The lowest BCUT2D eigenvalue weighted by atomic mass is 9.95. The lowest BCUT2D eigenvalue weighted by Crippen LogP contribution is -2.41. The number of esters is 1. The van der Waals surface area contributed by atoms with Gasteiger partial charge in [0.2, 0.25) is 5.91 Å². The first-order valence-corrected chi connectivity index (χ1v) is 15.0. The van der Waals surface area contributed by atoms with Crippen molar-refractivity contribution in [1.29, 1.82) is 0 Å². The highest BCUT2D eigenvalue weighted by Gasteiger charge is 2.33. The molecule has 1 aromatic carbocycles. The van der Waals surface area contributed by atoms with Crippen molar-refractivity contribution in [2.24, 2.45) is 11.8 Å². The van der Waals surface area contributed by atoms with Gasteiger partial charge in [0.15, 0.2) is 0 Å². The van der Waals surface area contributed by atoms with E-state index < -0.39 is 40.4 Å². The maximum atomic E-state index is 13.5. The van der Waals surface area contributed by atoms with Gasteiger partial charge < -0.3 is 10.1 Å². The van der Waals surface area contributed by atoms with E-state index in [9.17, 15) is 18.0 Å². The number of rotatable bonds is 12. The second kappa shape index (κ2) is 13.3. The van der Waals surface area contributed by atoms with Crippen LogP contribution in [0.25, 0.3) is 9.88 Å². The average Bonchev–Trinajstić information content (AvgIpc) is 3.52. The van der Waals surface area contributed by atoms with E-state index in [1.807, 2.05) is 36.7 Å². The van der Waals surface area contributed by atoms with Crippen molar-refractivity contribution in [3.8, 4) is 9.88 Å². The Balaban J connectivity index is 1.86. The third kappa shape index (κ3) is 9.19. The maximum absolute atomic E-state index is 13.5. The molecule has 12 heteroatoms. The van der Waals surface area contributed by atoms with Crippen LogP contribution in [-0.2, 0) is 36.0 Å². The van der Waals surface area contributed by atoms with E-state index in [0.717, 1.165) is 15.4 Å². The zero-order chi connectivity index (χ0) is 27.9. The molecule has 38 heavy (non-hydrogen) atoms. The molecule has 0 spiro atoms. The molecule has 3 aromatic rings. The minimum atomic E-state index is -3.03. The van der Waals surface area contributed by atoms with Crippen molar-refractivity contribution in [3.63, 3.8) is 0 Å². The molecule has 0 fully saturated rings. The molecule has 0 radical (unpaired) electrons. The molecule has 2 N–H and O–H groups in total. The summed E-state index contributed by atoms with van der Waals surface area (Å²) in [6.45, 7) is 9.24. The molecule has 0 saturated heterocycles. The van der Waals surface area contributed by atoms with Crippen LogP contribution < -0.4 is 10.8 Å². The molecule has 3 rings (SSSR count). The second-order valence-corrected chi connectivity index (χ2v) is 12.6. The number of hydrogen-bond donors (Lipinski definition) is 3. The first-order chi connectivity index (χ1) is 17.9. The molecule has 0 aliphatic carbocycles. The number of ether oxygens (including phenoxy) is 1. The van der Waals surface area contributed by atoms with E-state index in [1.54, 1.807) is 56.4 Å². The van der Waals surface area contributed by atoms with Crippen molar-refractivity contribution >= 4 is 51.2 Å². The number of thiazole rings is 1. The van der Waals surface area contributed by atoms with Crippen LogP contribution in [0.4, 0.5) is 5.69 Å². The molecule has 0 aliphatic heterocycles. The van der Waals surface area contributed by atoms with Gasteiger partial charge in [-0.25, -0.2) is 18.9 Å². The summed E-state index contributed by atoms with van der Waals surface area (Å²) in [7, 11) is -3.03. The van der Waals surface area contributed by atoms with Gasteiger partial charge in [-0.15, -0.1) is 22.7 Å². The van der Waals surface area contributed by atoms with Gasteiger partial charge >= 0.3 is 5.97 Å². The third-order valence-electron chi connectivity index (χ3n) is 5.27. The van der Waals surface area contributed by atoms with Crippen LogP contribution in [0, 0.1) is 11.8 Å². The minimum Gasteiger partial charge on any atom is -0.459 e. The third-order valence-corrected chi connectivity index (χ3v) is 7.41. The smallest absolute Gasteiger partial charge is 0.319 e. The summed E-state index contributed by atoms with van der Waals surface area (Å²) in [5.74, 6) is -1.81. The number of nitrogens with zero attached hydrogens (tertiary/aromatic N) is 1. The molecule has 2 heterocycles. The van der Waals surface area contributed by atoms with Crippen molar-refractivity contribution in [1.82, 2.24) is 10.3 Å². The van der Waals surface area contributed by atoms with Crippen LogP contribution >= 0.6 is 22.7 Å². The summed E-state index contributed by atoms with van der Waals surface area (Å²) < 4.78 is 31.3. The van der Waals surface area contributed by atoms with E-state index in [2.05, 4.69) is 15.1 Å². The van der Waals surface area contributed by atoms with Gasteiger partial charge in [-0.1, -0.05) is 32.0 Å². The van der Waals surface area contributed by atoms with E-state index in [4.69, 9.17) is 9.72 Å². The van der Waals surface area contributed by atoms with Gasteiger partial charge in [0.05, 0.1) is 22.3 Å². The maximum Gasteiger partial charge on any atom is 0.319 e. The Hall–Kier alpha value is -2.80. The number of carbonyl (C=O) groups is 2. The van der Waals surface area contributed by atoms with E-state index in [-0.39, 0.29) is 5.92 Å². The number of benzene rings is 1. The fourth-order valence-corrected chi connectivity index (χ4v) is 5.52. The zero-order valence-corrected chi connectivity index (χ0v) is 24.5. The van der Waals surface area contributed by atoms with Crippen molar-refractivity contribution in [2.45, 2.75) is 59.1 Å². The van der Waals surface area contributed by atoms with Crippen LogP contribution in [0.15, 0.2) is 47.2 Å². The molecule has 0 aliphatic rings. The molecule has 0 saturated carbocycles. The fourth-order valence-electron chi connectivity index (χ4n) is 3.65. The fraction of sp³-hybridized carbons (Fsp3) is 0.423. The van der Waals surface area contributed by atoms with E-state index >= 15 is 0 Å². The van der Waals surface area contributed by atoms with Crippen molar-refractivity contribution in [2.75, 3.05) is 5.48 Å². The van der Waals surface area contributed by atoms with Gasteiger partial charge in [-0.05, 0) is 68.7 Å². The normalized spacial score (nSPS) is 13.3. The molecule has 0 unspecified atom stereocenters. The first kappa shape index (κ1) is 29.8. The first-order valence-electron chi connectivity index (χ1n) is 12.1. The summed E-state index contributed by atoms with van der Waals surface area (Å²) in [6.07, 6.45) is 0.756. The predicted octanol–water partition coefficient (Wildman–Crippen LogP) is 5.15. The highest BCUT2D eigenvalue weighted by atomic mass is 32.2. The van der Waals surface area contributed by atoms with Crippen LogP contribution in [0.2, 0.25) is 0 Å². The summed E-state index contributed by atoms with van der Waals surface area (Å²) in [5.41, 5.74) is 3.65. The highest BCUT2D eigenvalue weighted by Crippen LogP contribution is 2.31. The standard InChI is InChI=1S/C26H33N3O6S3/c1-16(2)13-19(25(31)34-26(3,4)5)23(30)27-20(21-15-37-24(28-21)22-7-6-12-36-22)14-17-8-10-18(11-9-17)29-35-38(32)33/h6-12,15-16,19-20,29,38H,13-14H2,1-5H3,(H,27,30)/t19-,20-/m0/s1. The summed E-state index contributed by atoms with van der Waals surface area (Å²) in [6, 6.07) is 10.4. The molecule has 9 nitrogen and oxygen atoms in total. The number of carbonyl (C=O) groups excluding carboxylic acids is 2. The molecule has 2 aromatic heterocycles. The van der Waals surface area contributed by atoms with Crippen LogP contribution in [0.1, 0.15) is 58.3 Å². The Kier molecular flexibility index (Phi) is 10.4. The highest BCUT2D eigenvalue weighted by molar-refractivity contribution is 7.67. The number of thiophene rings is 1. The Morgan fingerprint density at radius 3 is 2.37 bits per heavy atom. The molecular formula is C26H33N3O6S3. The van der Waals surface area contributed by atoms with Gasteiger partial charge in [-0.2, -0.15) is 4.28 Å². The summed E-state index contributed by atoms with van der Waals surface area (Å²) in [5, 5.41) is 7.80. The second-order valence-electron chi connectivity index (χ2n) is 10.1. The SMILES string of the molecule is CC(C)C[C@@H](C(=O)N[C@@H](Cc1ccc(NO[SH](=O)=O)cc1)c1csc(-c2cccs2)n1)C(=O)OC(C)(C)C. The zero-order valence-electron chi connectivity index (χ0n) is 21.9. The number of thiol groups is 1. The lowest BCUT2D eigenvalue weighted by Gasteiger charge is -2.26. The van der Waals surface area contributed by atoms with Crippen LogP contribution in [0.3, 0.4) is 0 Å². The summed E-state index contributed by atoms with van der Waals surface area (Å²) in [4.78, 5) is 32.3. The van der Waals surface area contributed by atoms with Gasteiger partial charge in [-0.3, -0.25) is 9.59 Å². The molecule has 0 bridgehead atoms. The number of amides is 1. The number of nitrogens with one attached hydrogen (secondary N) is 2. The quantitative estimate of drug-likeness (QED) is 0.117. The number of aromatic nitrogens is 1. The van der Waals surface area contributed by atoms with Crippen molar-refractivity contribution in [3.05, 3.63) is 58.4 Å². The Morgan fingerprint density at radius 2 is 1.79 bits per heavy atom. The Bertz CT molecular complexity index is 1270. The summed E-state index contributed by atoms with van der Waals surface area (Å²) >= 11 is 3.08. The van der Waals surface area contributed by atoms with Gasteiger partial charge in [0.25, 0.3) is 11.0 Å². The van der Waals surface area contributed by atoms with E-state index in [0.29, 0.717) is 24.2 Å². The Morgan fingerprint density at radius 1 is 1.08 bits per heavy atom. The average molecular weight is 580 g/mol. The Labute approximate surface area is 232 Å². The molecule has 2 atom stereocenters. The molecule has 206 valence electrons. The van der Waals surface area contributed by atoms with Gasteiger partial charge in [0.1, 0.15) is 16.5 Å². The lowest BCUT2D eigenvalue weighted by molar-refractivity contribution is -0.163. The number of anilines is 1. The van der Waals surface area contributed by atoms with Crippen molar-refractivity contribution < 1.29 is 27.0 Å². The van der Waals surface area contributed by atoms with Crippen LogP contribution in [-0.4, -0.2) is 30.9 Å². The largest absolute Gasteiger partial charge is 0.459 e. The topological polar surface area (TPSA) is 124 Å². The van der Waals surface area contributed by atoms with Gasteiger partial charge in [0, 0.05) is 5.38 Å².